The van der Waals surface area contributed by atoms with Crippen LogP contribution in [0.4, 0.5) is 5.69 Å². The highest BCUT2D eigenvalue weighted by molar-refractivity contribution is 6.42. The molecule has 0 spiro atoms. The van der Waals surface area contributed by atoms with Crippen molar-refractivity contribution in [2.24, 2.45) is 23.2 Å². The van der Waals surface area contributed by atoms with Crippen molar-refractivity contribution in [1.82, 2.24) is 0 Å². The quantitative estimate of drug-likeness (QED) is 0.584. The predicted molar refractivity (Wildman–Crippen MR) is 81.3 cm³/mol. The number of imide groups is 1. The standard InChI is InChI=1S/C16H13Cl2NO2/c1-16-9-3-2-8(6-9)13(16)14(20)19(15(16)21)10-4-5-11(17)12(18)7-10/h2-5,7-9,13H,6H2,1H3/t8-,9-,13-,16+/m0/s1. The van der Waals surface area contributed by atoms with Crippen LogP contribution in [0.3, 0.4) is 0 Å². The van der Waals surface area contributed by atoms with E-state index in [0.717, 1.165) is 6.42 Å². The highest BCUT2D eigenvalue weighted by Gasteiger charge is 2.67. The van der Waals surface area contributed by atoms with E-state index in [9.17, 15) is 9.59 Å². The summed E-state index contributed by atoms with van der Waals surface area (Å²) in [6.07, 6.45) is 5.08. The van der Waals surface area contributed by atoms with Gasteiger partial charge in [0.25, 0.3) is 0 Å². The molecule has 1 aromatic carbocycles. The average molecular weight is 322 g/mol. The molecule has 2 bridgehead atoms. The minimum Gasteiger partial charge on any atom is -0.274 e. The van der Waals surface area contributed by atoms with Gasteiger partial charge in [0, 0.05) is 0 Å². The average Bonchev–Trinajstić information content (AvgIpc) is 3.07. The second kappa shape index (κ2) is 4.11. The van der Waals surface area contributed by atoms with Gasteiger partial charge in [0.1, 0.15) is 0 Å². The largest absolute Gasteiger partial charge is 0.274 e. The molecule has 1 aromatic rings. The fourth-order valence-electron chi connectivity index (χ4n) is 4.17. The summed E-state index contributed by atoms with van der Waals surface area (Å²) in [5.74, 6) is -0.124. The van der Waals surface area contributed by atoms with Crippen LogP contribution in [0.1, 0.15) is 13.3 Å². The number of allylic oxidation sites excluding steroid dienone is 2. The second-order valence-corrected chi connectivity index (χ2v) is 7.04. The van der Waals surface area contributed by atoms with E-state index in [1.165, 1.54) is 4.90 Å². The van der Waals surface area contributed by atoms with Gasteiger partial charge in [0.05, 0.1) is 27.1 Å². The minimum atomic E-state index is -0.609. The van der Waals surface area contributed by atoms with Crippen LogP contribution >= 0.6 is 23.2 Å². The molecule has 0 aromatic heterocycles. The Morgan fingerprint density at radius 2 is 1.95 bits per heavy atom. The molecule has 1 heterocycles. The fraction of sp³-hybridized carbons (Fsp3) is 0.375. The van der Waals surface area contributed by atoms with Gasteiger partial charge >= 0.3 is 0 Å². The molecule has 2 fully saturated rings. The minimum absolute atomic E-state index is 0.113. The molecule has 108 valence electrons. The van der Waals surface area contributed by atoms with Gasteiger partial charge in [-0.3, -0.25) is 9.59 Å². The van der Waals surface area contributed by atoms with Crippen LogP contribution < -0.4 is 4.90 Å². The molecule has 0 N–H and O–H groups in total. The Morgan fingerprint density at radius 3 is 2.62 bits per heavy atom. The summed E-state index contributed by atoms with van der Waals surface area (Å²) in [7, 11) is 0. The Morgan fingerprint density at radius 1 is 1.19 bits per heavy atom. The maximum atomic E-state index is 12.9. The SMILES string of the molecule is C[C@]12C(=O)N(c3ccc(Cl)c(Cl)c3)C(=O)[C@@H]1[C@H]1C=C[C@H]2C1. The summed E-state index contributed by atoms with van der Waals surface area (Å²) in [5, 5.41) is 0.755. The van der Waals surface area contributed by atoms with Gasteiger partial charge in [-0.25, -0.2) is 4.90 Å². The third-order valence-corrected chi connectivity index (χ3v) is 6.01. The van der Waals surface area contributed by atoms with Crippen molar-refractivity contribution < 1.29 is 9.59 Å². The topological polar surface area (TPSA) is 37.4 Å². The normalized spacial score (nSPS) is 36.7. The van der Waals surface area contributed by atoms with Gasteiger partial charge in [0.2, 0.25) is 11.8 Å². The molecule has 2 amide bonds. The van der Waals surface area contributed by atoms with Gasteiger partial charge in [0.15, 0.2) is 0 Å². The first-order valence-corrected chi connectivity index (χ1v) is 7.72. The molecule has 4 rings (SSSR count). The van der Waals surface area contributed by atoms with Crippen molar-refractivity contribution in [3.63, 3.8) is 0 Å². The van der Waals surface area contributed by atoms with Gasteiger partial charge in [-0.15, -0.1) is 0 Å². The monoisotopic (exact) mass is 321 g/mol. The Bertz CT molecular complexity index is 714. The zero-order valence-corrected chi connectivity index (χ0v) is 12.9. The number of halogens is 2. The smallest absolute Gasteiger partial charge is 0.241 e. The molecule has 3 aliphatic rings. The van der Waals surface area contributed by atoms with E-state index in [1.54, 1.807) is 18.2 Å². The summed E-state index contributed by atoms with van der Waals surface area (Å²) in [5.41, 5.74) is -0.0998. The lowest BCUT2D eigenvalue weighted by Gasteiger charge is -2.28. The number of hydrogen-bond acceptors (Lipinski definition) is 2. The number of hydrogen-bond donors (Lipinski definition) is 0. The molecule has 1 saturated carbocycles. The van der Waals surface area contributed by atoms with Crippen LogP contribution in [0.2, 0.25) is 10.0 Å². The molecule has 0 radical (unpaired) electrons. The van der Waals surface area contributed by atoms with Gasteiger partial charge in [-0.1, -0.05) is 35.4 Å². The molecule has 21 heavy (non-hydrogen) atoms. The lowest BCUT2D eigenvalue weighted by molar-refractivity contribution is -0.127. The molecule has 4 atom stereocenters. The van der Waals surface area contributed by atoms with E-state index in [1.807, 2.05) is 6.92 Å². The zero-order valence-electron chi connectivity index (χ0n) is 11.3. The van der Waals surface area contributed by atoms with Crippen molar-refractivity contribution in [3.8, 4) is 0 Å². The van der Waals surface area contributed by atoms with Crippen molar-refractivity contribution in [2.75, 3.05) is 4.90 Å². The molecule has 0 unspecified atom stereocenters. The first-order valence-electron chi connectivity index (χ1n) is 6.96. The molecular formula is C16H13Cl2NO2. The van der Waals surface area contributed by atoms with Crippen LogP contribution in [-0.2, 0) is 9.59 Å². The molecular weight excluding hydrogens is 309 g/mol. The third kappa shape index (κ3) is 1.51. The summed E-state index contributed by atoms with van der Waals surface area (Å²) in [6, 6.07) is 4.87. The van der Waals surface area contributed by atoms with E-state index < -0.39 is 5.41 Å². The highest BCUT2D eigenvalue weighted by atomic mass is 35.5. The lowest BCUT2D eigenvalue weighted by Crippen LogP contribution is -2.37. The Hall–Kier alpha value is -1.32. The number of rotatable bonds is 1. The molecule has 3 nitrogen and oxygen atoms in total. The number of amides is 2. The van der Waals surface area contributed by atoms with Crippen LogP contribution in [0, 0.1) is 23.2 Å². The second-order valence-electron chi connectivity index (χ2n) is 6.23. The molecule has 1 aliphatic heterocycles. The van der Waals surface area contributed by atoms with Crippen molar-refractivity contribution in [3.05, 3.63) is 40.4 Å². The number of nitrogens with zero attached hydrogens (tertiary/aromatic N) is 1. The van der Waals surface area contributed by atoms with Gasteiger partial charge in [-0.2, -0.15) is 0 Å². The molecule has 1 saturated heterocycles. The number of benzene rings is 1. The first-order chi connectivity index (χ1) is 9.94. The van der Waals surface area contributed by atoms with E-state index in [-0.39, 0.29) is 29.6 Å². The zero-order chi connectivity index (χ0) is 14.9. The van der Waals surface area contributed by atoms with Crippen molar-refractivity contribution in [1.29, 1.82) is 0 Å². The van der Waals surface area contributed by atoms with Gasteiger partial charge in [-0.05, 0) is 43.4 Å². The lowest BCUT2D eigenvalue weighted by atomic mass is 9.71. The molecule has 5 heteroatoms. The number of carbonyl (C=O) groups excluding carboxylic acids is 2. The number of carbonyl (C=O) groups is 2. The van der Waals surface area contributed by atoms with Crippen LogP contribution in [0.25, 0.3) is 0 Å². The maximum absolute atomic E-state index is 12.9. The maximum Gasteiger partial charge on any atom is 0.241 e. The highest BCUT2D eigenvalue weighted by Crippen LogP contribution is 2.60. The number of fused-ring (bicyclic) bond motifs is 5. The van der Waals surface area contributed by atoms with Crippen molar-refractivity contribution >= 4 is 40.7 Å². The fourth-order valence-corrected chi connectivity index (χ4v) is 4.47. The third-order valence-electron chi connectivity index (χ3n) is 5.27. The van der Waals surface area contributed by atoms with Crippen molar-refractivity contribution in [2.45, 2.75) is 13.3 Å². The van der Waals surface area contributed by atoms with E-state index in [2.05, 4.69) is 12.2 Å². The van der Waals surface area contributed by atoms with E-state index in [0.29, 0.717) is 15.7 Å². The predicted octanol–water partition coefficient (Wildman–Crippen LogP) is 3.70. The van der Waals surface area contributed by atoms with E-state index in [4.69, 9.17) is 23.2 Å². The molecule has 2 aliphatic carbocycles. The van der Waals surface area contributed by atoms with E-state index >= 15 is 0 Å². The summed E-state index contributed by atoms with van der Waals surface area (Å²) in [4.78, 5) is 27.0. The van der Waals surface area contributed by atoms with Gasteiger partial charge < -0.3 is 0 Å². The van der Waals surface area contributed by atoms with Crippen LogP contribution in [0.15, 0.2) is 30.4 Å². The Kier molecular flexibility index (Phi) is 2.61. The summed E-state index contributed by atoms with van der Waals surface area (Å²) < 4.78 is 0. The number of anilines is 1. The van der Waals surface area contributed by atoms with Crippen LogP contribution in [-0.4, -0.2) is 11.8 Å². The summed E-state index contributed by atoms with van der Waals surface area (Å²) >= 11 is 11.9. The Labute approximate surface area is 132 Å². The first kappa shape index (κ1) is 13.4. The summed E-state index contributed by atoms with van der Waals surface area (Å²) in [6.45, 7) is 1.92. The Balaban J connectivity index is 1.81. The van der Waals surface area contributed by atoms with Crippen LogP contribution in [0.5, 0.6) is 0 Å².